The molecule has 0 aliphatic carbocycles. The predicted molar refractivity (Wildman–Crippen MR) is 119 cm³/mol. The Hall–Kier alpha value is -2.50. The summed E-state index contributed by atoms with van der Waals surface area (Å²) in [4.78, 5) is 22.3. The Morgan fingerprint density at radius 1 is 1.35 bits per heavy atom. The molecule has 2 aromatic rings. The van der Waals surface area contributed by atoms with E-state index in [0.717, 1.165) is 30.1 Å². The maximum absolute atomic E-state index is 13.5. The van der Waals surface area contributed by atoms with E-state index in [2.05, 4.69) is 9.97 Å². The zero-order valence-corrected chi connectivity index (χ0v) is 19.8. The molecule has 0 amide bonds. The van der Waals surface area contributed by atoms with Gasteiger partial charge in [-0.25, -0.2) is 14.4 Å². The summed E-state index contributed by atoms with van der Waals surface area (Å²) in [7, 11) is 0. The molecule has 2 heterocycles. The summed E-state index contributed by atoms with van der Waals surface area (Å²) >= 11 is 6.97. The Morgan fingerprint density at radius 3 is 2.65 bits per heavy atom. The molecule has 0 bridgehead atoms. The highest BCUT2D eigenvalue weighted by molar-refractivity contribution is 7.99. The Labute approximate surface area is 202 Å². The molecule has 1 aliphatic heterocycles. The number of allylic oxidation sites excluding steroid dienone is 2. The minimum Gasteiger partial charge on any atom is -0.388 e. The molecule has 3 rings (SSSR count). The van der Waals surface area contributed by atoms with Gasteiger partial charge in [-0.05, 0) is 24.6 Å². The molecule has 0 saturated heterocycles. The Kier molecular flexibility index (Phi) is 7.99. The van der Waals surface area contributed by atoms with E-state index < -0.39 is 24.2 Å². The Balaban J connectivity index is 2.02. The third-order valence-corrected chi connectivity index (χ3v) is 6.60. The fourth-order valence-corrected chi connectivity index (χ4v) is 4.91. The van der Waals surface area contributed by atoms with E-state index in [9.17, 15) is 27.5 Å². The molecule has 0 spiro atoms. The molecule has 12 heteroatoms. The number of nitrogens with zero attached hydrogens (tertiary/aromatic N) is 3. The fourth-order valence-electron chi connectivity index (χ4n) is 3.40. The second-order valence-corrected chi connectivity index (χ2v) is 9.21. The summed E-state index contributed by atoms with van der Waals surface area (Å²) in [5, 5.41) is 17.5. The summed E-state index contributed by atoms with van der Waals surface area (Å²) in [5.41, 5.74) is 0.0962. The van der Waals surface area contributed by atoms with Gasteiger partial charge in [0.1, 0.15) is 22.5 Å². The second-order valence-electron chi connectivity index (χ2n) is 7.80. The van der Waals surface area contributed by atoms with E-state index in [4.69, 9.17) is 17.0 Å². The molecule has 0 unspecified atom stereocenters. The van der Waals surface area contributed by atoms with E-state index in [1.165, 1.54) is 0 Å². The first-order valence-corrected chi connectivity index (χ1v) is 11.4. The zero-order chi connectivity index (χ0) is 25.2. The molecule has 1 aliphatic rings. The lowest BCUT2D eigenvalue weighted by Gasteiger charge is -2.32. The number of Topliss-reactive ketones (excluding diaryl/α,β-unsaturated/α-hetero) is 1. The van der Waals surface area contributed by atoms with Crippen molar-refractivity contribution in [1.29, 1.82) is 5.41 Å². The minimum atomic E-state index is -4.77. The fraction of sp³-hybridized carbons (Fsp3) is 0.364. The summed E-state index contributed by atoms with van der Waals surface area (Å²) in [6.07, 6.45) is -3.49. The highest BCUT2D eigenvalue weighted by atomic mass is 35.5. The average molecular weight is 517 g/mol. The van der Waals surface area contributed by atoms with Gasteiger partial charge < -0.3 is 15.4 Å². The number of carbonyl (C=O) groups is 1. The number of hydrogen-bond acceptors (Lipinski definition) is 7. The predicted octanol–water partition coefficient (Wildman–Crippen LogP) is 4.96. The number of benzene rings is 1. The van der Waals surface area contributed by atoms with Crippen LogP contribution >= 0.6 is 23.4 Å². The van der Waals surface area contributed by atoms with Crippen molar-refractivity contribution in [3.8, 4) is 0 Å². The highest BCUT2D eigenvalue weighted by Crippen LogP contribution is 2.41. The molecule has 0 radical (unpaired) electrons. The van der Waals surface area contributed by atoms with E-state index in [-0.39, 0.29) is 44.7 Å². The van der Waals surface area contributed by atoms with Crippen LogP contribution in [0.5, 0.6) is 0 Å². The van der Waals surface area contributed by atoms with Crippen LogP contribution in [0.2, 0.25) is 0 Å². The van der Waals surface area contributed by atoms with Crippen LogP contribution in [0, 0.1) is 17.1 Å². The van der Waals surface area contributed by atoms with E-state index in [0.29, 0.717) is 30.3 Å². The van der Waals surface area contributed by atoms with Crippen LogP contribution in [-0.2, 0) is 30.5 Å². The first-order chi connectivity index (χ1) is 16.0. The lowest BCUT2D eigenvalue weighted by atomic mass is 10.0. The molecule has 34 heavy (non-hydrogen) atoms. The van der Waals surface area contributed by atoms with Gasteiger partial charge in [0.15, 0.2) is 11.6 Å². The average Bonchev–Trinajstić information content (AvgIpc) is 2.78. The van der Waals surface area contributed by atoms with Crippen LogP contribution in [0.15, 0.2) is 38.8 Å². The van der Waals surface area contributed by atoms with Crippen molar-refractivity contribution >= 4 is 35.4 Å². The molecule has 2 N–H and O–H groups in total. The molecular formula is C22H21ClF4N4O2S. The summed E-state index contributed by atoms with van der Waals surface area (Å²) in [6.45, 7) is 3.25. The molecule has 0 atom stereocenters. The van der Waals surface area contributed by atoms with Crippen molar-refractivity contribution in [2.24, 2.45) is 5.92 Å². The van der Waals surface area contributed by atoms with E-state index >= 15 is 0 Å². The van der Waals surface area contributed by atoms with Gasteiger partial charge in [0.05, 0.1) is 23.5 Å². The van der Waals surface area contributed by atoms with E-state index in [1.54, 1.807) is 18.7 Å². The quantitative estimate of drug-likeness (QED) is 0.234. The molecule has 0 saturated carbocycles. The van der Waals surface area contributed by atoms with Gasteiger partial charge in [-0.3, -0.25) is 4.79 Å². The standard InChI is InChI=1S/C22H21ClF4N4O2S/c1-11(2)20(33)19(23)16(8-28)31-6-5-13-15(9-31)29-18(10-32)30-21(13)34-17-4-3-12(24)7-14(17)22(25,26)27/h3-4,7-8,11,28,32H,5-6,9-10H2,1-2H3/b19-16-,28-8?. The summed E-state index contributed by atoms with van der Waals surface area (Å²) < 4.78 is 53.9. The largest absolute Gasteiger partial charge is 0.417 e. The van der Waals surface area contributed by atoms with Crippen LogP contribution in [0.1, 0.15) is 36.5 Å². The number of ketones is 1. The number of carbonyl (C=O) groups excluding carboxylic acids is 1. The van der Waals surface area contributed by atoms with Gasteiger partial charge in [0, 0.05) is 29.1 Å². The maximum atomic E-state index is 13.5. The number of hydrogen-bond donors (Lipinski definition) is 2. The van der Waals surface area contributed by atoms with Crippen molar-refractivity contribution in [3.05, 3.63) is 57.4 Å². The van der Waals surface area contributed by atoms with Crippen LogP contribution in [0.4, 0.5) is 17.6 Å². The third-order valence-electron chi connectivity index (χ3n) is 5.11. The van der Waals surface area contributed by atoms with Crippen LogP contribution in [0.25, 0.3) is 0 Å². The zero-order valence-electron chi connectivity index (χ0n) is 18.2. The monoisotopic (exact) mass is 516 g/mol. The van der Waals surface area contributed by atoms with Crippen LogP contribution < -0.4 is 0 Å². The van der Waals surface area contributed by atoms with Crippen molar-refractivity contribution in [3.63, 3.8) is 0 Å². The van der Waals surface area contributed by atoms with Gasteiger partial charge in [-0.2, -0.15) is 13.2 Å². The van der Waals surface area contributed by atoms with Crippen molar-refractivity contribution in [2.75, 3.05) is 6.54 Å². The lowest BCUT2D eigenvalue weighted by molar-refractivity contribution is -0.140. The van der Waals surface area contributed by atoms with Gasteiger partial charge >= 0.3 is 6.18 Å². The summed E-state index contributed by atoms with van der Waals surface area (Å²) in [6, 6.07) is 2.41. The molecule has 182 valence electrons. The van der Waals surface area contributed by atoms with Crippen LogP contribution in [-0.4, -0.2) is 38.5 Å². The smallest absolute Gasteiger partial charge is 0.388 e. The number of aliphatic hydroxyl groups excluding tert-OH is 1. The highest BCUT2D eigenvalue weighted by Gasteiger charge is 2.35. The number of aromatic nitrogens is 2. The minimum absolute atomic E-state index is 0.00325. The van der Waals surface area contributed by atoms with Crippen LogP contribution in [0.3, 0.4) is 0 Å². The number of nitrogens with one attached hydrogen (secondary N) is 1. The molecular weight excluding hydrogens is 496 g/mol. The first-order valence-electron chi connectivity index (χ1n) is 10.2. The molecule has 0 fully saturated rings. The number of rotatable bonds is 7. The lowest BCUT2D eigenvalue weighted by Crippen LogP contribution is -2.33. The second kappa shape index (κ2) is 10.4. The first kappa shape index (κ1) is 26.1. The van der Waals surface area contributed by atoms with Gasteiger partial charge in [-0.15, -0.1) is 0 Å². The van der Waals surface area contributed by atoms with Crippen molar-refractivity contribution in [2.45, 2.75) is 49.5 Å². The van der Waals surface area contributed by atoms with Gasteiger partial charge in [0.2, 0.25) is 0 Å². The molecule has 6 nitrogen and oxygen atoms in total. The molecule has 1 aromatic carbocycles. The van der Waals surface area contributed by atoms with Gasteiger partial charge in [0.25, 0.3) is 0 Å². The van der Waals surface area contributed by atoms with Gasteiger partial charge in [-0.1, -0.05) is 37.2 Å². The Bertz CT molecular complexity index is 1150. The SMILES string of the molecule is CC(C)C(=O)/C(Cl)=C(\C=N)N1CCc2c(nc(CO)nc2Sc2ccc(F)cc2C(F)(F)F)C1. The third kappa shape index (κ3) is 5.59. The van der Waals surface area contributed by atoms with Crippen molar-refractivity contribution in [1.82, 2.24) is 14.9 Å². The topological polar surface area (TPSA) is 90.2 Å². The van der Waals surface area contributed by atoms with Crippen molar-refractivity contribution < 1.29 is 27.5 Å². The Morgan fingerprint density at radius 2 is 2.06 bits per heavy atom. The number of fused-ring (bicyclic) bond motifs is 1. The maximum Gasteiger partial charge on any atom is 0.417 e. The normalized spacial score (nSPS) is 14.7. The number of alkyl halides is 3. The number of aliphatic hydroxyl groups is 1. The molecule has 1 aromatic heterocycles. The summed E-state index contributed by atoms with van der Waals surface area (Å²) in [5.74, 6) is -1.70. The van der Waals surface area contributed by atoms with E-state index in [1.807, 2.05) is 0 Å². The number of halogens is 5.